The zero-order valence-corrected chi connectivity index (χ0v) is 13.3. The van der Waals surface area contributed by atoms with E-state index < -0.39 is 12.3 Å². The Labute approximate surface area is 141 Å². The summed E-state index contributed by atoms with van der Waals surface area (Å²) in [6.07, 6.45) is -1.55. The minimum atomic E-state index is -4.76. The van der Waals surface area contributed by atoms with Crippen LogP contribution < -0.4 is 10.1 Å². The average Bonchev–Trinajstić information content (AvgIpc) is 2.91. The molecule has 0 aliphatic carbocycles. The highest BCUT2D eigenvalue weighted by Crippen LogP contribution is 2.24. The lowest BCUT2D eigenvalue weighted by molar-refractivity contribution is -0.274. The SMILES string of the molecule is O=C(Nc1ccc(OC(F)(F)F)cc1)c1cc2ncc(Br)cn2n1. The molecule has 1 amide bonds. The number of halogens is 4. The minimum absolute atomic E-state index is 0.121. The summed E-state index contributed by atoms with van der Waals surface area (Å²) >= 11 is 3.24. The number of alkyl halides is 3. The fourth-order valence-corrected chi connectivity index (χ4v) is 2.20. The van der Waals surface area contributed by atoms with Crippen LogP contribution in [0.3, 0.4) is 0 Å². The molecule has 2 aromatic heterocycles. The first-order valence-corrected chi connectivity index (χ1v) is 7.27. The highest BCUT2D eigenvalue weighted by Gasteiger charge is 2.30. The van der Waals surface area contributed by atoms with E-state index in [0.717, 1.165) is 12.1 Å². The number of carbonyl (C=O) groups is 1. The third-order valence-corrected chi connectivity index (χ3v) is 3.27. The van der Waals surface area contributed by atoms with Crippen molar-refractivity contribution in [3.8, 4) is 5.75 Å². The number of benzene rings is 1. The lowest BCUT2D eigenvalue weighted by Gasteiger charge is -2.09. The number of aromatic nitrogens is 3. The van der Waals surface area contributed by atoms with Crippen LogP contribution in [0.1, 0.15) is 10.5 Å². The Morgan fingerprint density at radius 2 is 1.96 bits per heavy atom. The Hall–Kier alpha value is -2.62. The highest BCUT2D eigenvalue weighted by atomic mass is 79.9. The number of rotatable bonds is 3. The van der Waals surface area contributed by atoms with Crippen molar-refractivity contribution in [2.75, 3.05) is 5.32 Å². The van der Waals surface area contributed by atoms with Gasteiger partial charge in [-0.15, -0.1) is 13.2 Å². The molecule has 3 aromatic rings. The van der Waals surface area contributed by atoms with E-state index in [1.54, 1.807) is 12.4 Å². The molecule has 1 N–H and O–H groups in total. The number of ether oxygens (including phenoxy) is 1. The molecule has 0 saturated heterocycles. The molecule has 124 valence electrons. The van der Waals surface area contributed by atoms with Gasteiger partial charge in [-0.3, -0.25) is 4.79 Å². The normalized spacial score (nSPS) is 11.5. The van der Waals surface area contributed by atoms with Crippen molar-refractivity contribution in [1.29, 1.82) is 0 Å². The molecule has 0 atom stereocenters. The van der Waals surface area contributed by atoms with E-state index in [1.807, 2.05) is 0 Å². The van der Waals surface area contributed by atoms with Gasteiger partial charge in [-0.1, -0.05) is 0 Å². The third kappa shape index (κ3) is 3.82. The van der Waals surface area contributed by atoms with Crippen molar-refractivity contribution in [1.82, 2.24) is 14.6 Å². The van der Waals surface area contributed by atoms with E-state index >= 15 is 0 Å². The molecule has 0 radical (unpaired) electrons. The van der Waals surface area contributed by atoms with Crippen molar-refractivity contribution in [2.45, 2.75) is 6.36 Å². The summed E-state index contributed by atoms with van der Waals surface area (Å²) in [5.41, 5.74) is 0.911. The van der Waals surface area contributed by atoms with Gasteiger partial charge in [-0.05, 0) is 40.2 Å². The molecule has 0 aliphatic rings. The first-order valence-electron chi connectivity index (χ1n) is 6.48. The molecule has 2 heterocycles. The molecular formula is C14H8BrF3N4O2. The molecule has 3 rings (SSSR count). The van der Waals surface area contributed by atoms with Crippen LogP contribution in [-0.2, 0) is 0 Å². The Balaban J connectivity index is 1.73. The first-order chi connectivity index (χ1) is 11.3. The predicted molar refractivity (Wildman–Crippen MR) is 81.8 cm³/mol. The van der Waals surface area contributed by atoms with E-state index in [0.29, 0.717) is 15.8 Å². The zero-order valence-electron chi connectivity index (χ0n) is 11.7. The first kappa shape index (κ1) is 16.2. The van der Waals surface area contributed by atoms with Crippen LogP contribution in [-0.4, -0.2) is 26.9 Å². The van der Waals surface area contributed by atoms with Gasteiger partial charge < -0.3 is 10.1 Å². The van der Waals surface area contributed by atoms with Gasteiger partial charge in [0.15, 0.2) is 11.3 Å². The van der Waals surface area contributed by atoms with E-state index in [-0.39, 0.29) is 11.4 Å². The van der Waals surface area contributed by atoms with Crippen molar-refractivity contribution < 1.29 is 22.7 Å². The van der Waals surface area contributed by atoms with Gasteiger partial charge in [-0.25, -0.2) is 9.50 Å². The lowest BCUT2D eigenvalue weighted by atomic mass is 10.3. The lowest BCUT2D eigenvalue weighted by Crippen LogP contribution is -2.17. The van der Waals surface area contributed by atoms with Gasteiger partial charge in [0.1, 0.15) is 5.75 Å². The molecule has 6 nitrogen and oxygen atoms in total. The van der Waals surface area contributed by atoms with Crippen molar-refractivity contribution in [3.05, 3.63) is 52.9 Å². The predicted octanol–water partition coefficient (Wildman–Crippen LogP) is 3.64. The molecule has 0 fully saturated rings. The second-order valence-corrected chi connectivity index (χ2v) is 5.55. The average molecular weight is 401 g/mol. The van der Waals surface area contributed by atoms with Gasteiger partial charge in [0.25, 0.3) is 5.91 Å². The highest BCUT2D eigenvalue weighted by molar-refractivity contribution is 9.10. The summed E-state index contributed by atoms with van der Waals surface area (Å²) in [5, 5.41) is 6.61. The van der Waals surface area contributed by atoms with Crippen LogP contribution in [0.5, 0.6) is 5.75 Å². The fourth-order valence-electron chi connectivity index (χ4n) is 1.90. The van der Waals surface area contributed by atoms with E-state index in [1.165, 1.54) is 22.7 Å². The zero-order chi connectivity index (χ0) is 17.3. The number of fused-ring (bicyclic) bond motifs is 1. The summed E-state index contributed by atoms with van der Waals surface area (Å²) in [5.74, 6) is -0.886. The minimum Gasteiger partial charge on any atom is -0.406 e. The number of carbonyl (C=O) groups excluding carboxylic acids is 1. The molecule has 0 saturated carbocycles. The summed E-state index contributed by atoms with van der Waals surface area (Å²) in [6.45, 7) is 0. The van der Waals surface area contributed by atoms with Crippen molar-refractivity contribution >= 4 is 33.2 Å². The van der Waals surface area contributed by atoms with Gasteiger partial charge in [0.2, 0.25) is 0 Å². The molecule has 24 heavy (non-hydrogen) atoms. The number of hydrogen-bond acceptors (Lipinski definition) is 4. The second kappa shape index (κ2) is 6.11. The maximum atomic E-state index is 12.1. The number of anilines is 1. The van der Waals surface area contributed by atoms with Crippen LogP contribution in [0, 0.1) is 0 Å². The number of amides is 1. The topological polar surface area (TPSA) is 68.5 Å². The monoisotopic (exact) mass is 400 g/mol. The Morgan fingerprint density at radius 1 is 1.25 bits per heavy atom. The fraction of sp³-hybridized carbons (Fsp3) is 0.0714. The van der Waals surface area contributed by atoms with E-state index in [2.05, 4.69) is 36.1 Å². The quantitative estimate of drug-likeness (QED) is 0.728. The van der Waals surface area contributed by atoms with E-state index in [9.17, 15) is 18.0 Å². The Morgan fingerprint density at radius 3 is 2.62 bits per heavy atom. The molecule has 0 aliphatic heterocycles. The van der Waals surface area contributed by atoms with Gasteiger partial charge >= 0.3 is 6.36 Å². The third-order valence-electron chi connectivity index (χ3n) is 2.86. The van der Waals surface area contributed by atoms with Crippen LogP contribution >= 0.6 is 15.9 Å². The number of nitrogens with one attached hydrogen (secondary N) is 1. The van der Waals surface area contributed by atoms with Crippen molar-refractivity contribution in [3.63, 3.8) is 0 Å². The standard InChI is InChI=1S/C14H8BrF3N4O2/c15-8-6-19-12-5-11(21-22(12)7-8)13(23)20-9-1-3-10(4-2-9)24-14(16,17)18/h1-7H,(H,20,23). The maximum absolute atomic E-state index is 12.1. The molecule has 0 unspecified atom stereocenters. The summed E-state index contributed by atoms with van der Waals surface area (Å²) in [7, 11) is 0. The van der Waals surface area contributed by atoms with Crippen LogP contribution in [0.4, 0.5) is 18.9 Å². The summed E-state index contributed by atoms with van der Waals surface area (Å²) in [6, 6.07) is 6.28. The molecule has 1 aromatic carbocycles. The van der Waals surface area contributed by atoms with Crippen molar-refractivity contribution in [2.24, 2.45) is 0 Å². The summed E-state index contributed by atoms with van der Waals surface area (Å²) in [4.78, 5) is 16.2. The van der Waals surface area contributed by atoms with E-state index in [4.69, 9.17) is 0 Å². The van der Waals surface area contributed by atoms with Crippen LogP contribution in [0.15, 0.2) is 47.2 Å². The van der Waals surface area contributed by atoms with Crippen LogP contribution in [0.25, 0.3) is 5.65 Å². The smallest absolute Gasteiger partial charge is 0.406 e. The molecule has 0 spiro atoms. The molecule has 10 heteroatoms. The number of hydrogen-bond donors (Lipinski definition) is 1. The van der Waals surface area contributed by atoms with Crippen LogP contribution in [0.2, 0.25) is 0 Å². The van der Waals surface area contributed by atoms with Gasteiger partial charge in [0, 0.05) is 24.1 Å². The van der Waals surface area contributed by atoms with Gasteiger partial charge in [0.05, 0.1) is 4.47 Å². The van der Waals surface area contributed by atoms with Gasteiger partial charge in [-0.2, -0.15) is 5.10 Å². The maximum Gasteiger partial charge on any atom is 0.573 e. The molecule has 0 bridgehead atoms. The largest absolute Gasteiger partial charge is 0.573 e. The summed E-state index contributed by atoms with van der Waals surface area (Å²) < 4.78 is 42.2. The molecular weight excluding hydrogens is 393 g/mol. The second-order valence-electron chi connectivity index (χ2n) is 4.63. The Kier molecular flexibility index (Phi) is 4.14. The Bertz CT molecular complexity index is 893. The number of nitrogens with zero attached hydrogens (tertiary/aromatic N) is 3.